The smallest absolute Gasteiger partial charge is 0.191 e. The van der Waals surface area contributed by atoms with Gasteiger partial charge in [0, 0.05) is 58.5 Å². The van der Waals surface area contributed by atoms with Gasteiger partial charge in [0.25, 0.3) is 0 Å². The number of aliphatic hydroxyl groups excluding tert-OH is 1. The van der Waals surface area contributed by atoms with Crippen molar-refractivity contribution in [1.82, 2.24) is 15.5 Å². The topological polar surface area (TPSA) is 78.4 Å². The molecule has 2 aliphatic rings. The normalized spacial score (nSPS) is 27.3. The van der Waals surface area contributed by atoms with Crippen LogP contribution in [0.4, 0.5) is 0 Å². The molecule has 2 fully saturated rings. The first-order chi connectivity index (χ1) is 11.7. The number of hydrogen-bond acceptors (Lipinski definition) is 5. The van der Waals surface area contributed by atoms with E-state index in [4.69, 9.17) is 9.47 Å². The number of likely N-dealkylation sites (tertiary alicyclic amines) is 1. The van der Waals surface area contributed by atoms with E-state index in [1.54, 1.807) is 14.2 Å². The summed E-state index contributed by atoms with van der Waals surface area (Å²) in [5, 5.41) is 16.2. The molecule has 3 N–H and O–H groups in total. The average Bonchev–Trinajstić information content (AvgIpc) is 3.23. The van der Waals surface area contributed by atoms with Gasteiger partial charge < -0.3 is 25.2 Å². The fraction of sp³-hybridized carbons (Fsp3) is 0.941. The van der Waals surface area contributed by atoms with Gasteiger partial charge >= 0.3 is 0 Å². The molecule has 148 valence electrons. The van der Waals surface area contributed by atoms with Crippen LogP contribution in [0, 0.1) is 5.41 Å². The monoisotopic (exact) mass is 470 g/mol. The van der Waals surface area contributed by atoms with Crippen LogP contribution in [0.2, 0.25) is 0 Å². The summed E-state index contributed by atoms with van der Waals surface area (Å²) in [5.41, 5.74) is 0.0320. The van der Waals surface area contributed by atoms with Gasteiger partial charge in [-0.05, 0) is 32.2 Å². The van der Waals surface area contributed by atoms with E-state index in [0.29, 0.717) is 12.6 Å². The summed E-state index contributed by atoms with van der Waals surface area (Å²) in [6.07, 6.45) is 4.23. The predicted octanol–water partition coefficient (Wildman–Crippen LogP) is 0.669. The number of guanidine groups is 1. The lowest BCUT2D eigenvalue weighted by molar-refractivity contribution is 0.127. The van der Waals surface area contributed by atoms with E-state index in [9.17, 15) is 5.11 Å². The lowest BCUT2D eigenvalue weighted by Gasteiger charge is -2.29. The van der Waals surface area contributed by atoms with Crippen LogP contribution in [0.3, 0.4) is 0 Å². The van der Waals surface area contributed by atoms with E-state index < -0.39 is 0 Å². The SMILES string of the molecule is CN=C(NCC1CCCN1CCOC)NCC1(CCO)CCOC1.I. The summed E-state index contributed by atoms with van der Waals surface area (Å²) in [6, 6.07) is 0.542. The zero-order chi connectivity index (χ0) is 17.3. The Morgan fingerprint density at radius 2 is 2.28 bits per heavy atom. The van der Waals surface area contributed by atoms with E-state index in [-0.39, 0.29) is 36.0 Å². The highest BCUT2D eigenvalue weighted by atomic mass is 127. The molecule has 25 heavy (non-hydrogen) atoms. The summed E-state index contributed by atoms with van der Waals surface area (Å²) in [6.45, 7) is 6.30. The van der Waals surface area contributed by atoms with Crippen molar-refractivity contribution in [3.8, 4) is 0 Å². The van der Waals surface area contributed by atoms with Crippen LogP contribution in [0.15, 0.2) is 4.99 Å². The van der Waals surface area contributed by atoms with Crippen molar-refractivity contribution in [1.29, 1.82) is 0 Å². The van der Waals surface area contributed by atoms with Gasteiger partial charge in [-0.2, -0.15) is 0 Å². The van der Waals surface area contributed by atoms with Crippen molar-refractivity contribution in [2.75, 3.05) is 66.8 Å². The minimum Gasteiger partial charge on any atom is -0.396 e. The zero-order valence-electron chi connectivity index (χ0n) is 15.6. The molecule has 0 bridgehead atoms. The first kappa shape index (κ1) is 22.9. The van der Waals surface area contributed by atoms with Gasteiger partial charge in [0.05, 0.1) is 13.2 Å². The fourth-order valence-electron chi connectivity index (χ4n) is 3.65. The first-order valence-electron chi connectivity index (χ1n) is 9.09. The second-order valence-corrected chi connectivity index (χ2v) is 6.91. The van der Waals surface area contributed by atoms with Crippen LogP contribution in [-0.4, -0.2) is 88.8 Å². The number of aliphatic hydroxyl groups is 1. The molecule has 2 unspecified atom stereocenters. The Labute approximate surface area is 168 Å². The molecule has 0 aliphatic carbocycles. The molecule has 2 atom stereocenters. The highest BCUT2D eigenvalue weighted by Crippen LogP contribution is 2.31. The Bertz CT molecular complexity index is 392. The molecular weight excluding hydrogens is 435 g/mol. The van der Waals surface area contributed by atoms with Crippen LogP contribution in [0.1, 0.15) is 25.7 Å². The molecule has 2 saturated heterocycles. The van der Waals surface area contributed by atoms with Crippen LogP contribution in [0.5, 0.6) is 0 Å². The Morgan fingerprint density at radius 1 is 1.44 bits per heavy atom. The molecule has 2 aliphatic heterocycles. The highest BCUT2D eigenvalue weighted by molar-refractivity contribution is 14.0. The Kier molecular flexibility index (Phi) is 11.2. The average molecular weight is 470 g/mol. The molecule has 0 aromatic rings. The Morgan fingerprint density at radius 3 is 2.92 bits per heavy atom. The quantitative estimate of drug-likeness (QED) is 0.261. The van der Waals surface area contributed by atoms with Crippen molar-refractivity contribution in [3.63, 3.8) is 0 Å². The molecule has 0 saturated carbocycles. The minimum absolute atomic E-state index is 0. The van der Waals surface area contributed by atoms with Crippen molar-refractivity contribution >= 4 is 29.9 Å². The molecule has 0 spiro atoms. The maximum atomic E-state index is 9.32. The largest absolute Gasteiger partial charge is 0.396 e. The molecule has 0 radical (unpaired) electrons. The van der Waals surface area contributed by atoms with Crippen molar-refractivity contribution in [2.24, 2.45) is 10.4 Å². The van der Waals surface area contributed by atoms with E-state index in [1.165, 1.54) is 12.8 Å². The third-order valence-electron chi connectivity index (χ3n) is 5.27. The second-order valence-electron chi connectivity index (χ2n) is 6.91. The predicted molar refractivity (Wildman–Crippen MR) is 111 cm³/mol. The fourth-order valence-corrected chi connectivity index (χ4v) is 3.65. The molecular formula is C17H35IN4O3. The van der Waals surface area contributed by atoms with Crippen molar-refractivity contribution in [3.05, 3.63) is 0 Å². The third-order valence-corrected chi connectivity index (χ3v) is 5.27. The van der Waals surface area contributed by atoms with Gasteiger partial charge in [-0.15, -0.1) is 24.0 Å². The van der Waals surface area contributed by atoms with Crippen molar-refractivity contribution in [2.45, 2.75) is 31.7 Å². The number of halogens is 1. The van der Waals surface area contributed by atoms with Crippen molar-refractivity contribution < 1.29 is 14.6 Å². The number of nitrogens with one attached hydrogen (secondary N) is 2. The summed E-state index contributed by atoms with van der Waals surface area (Å²) in [7, 11) is 3.56. The van der Waals surface area contributed by atoms with Crippen LogP contribution in [-0.2, 0) is 9.47 Å². The molecule has 2 rings (SSSR count). The van der Waals surface area contributed by atoms with E-state index in [1.807, 2.05) is 0 Å². The molecule has 0 aromatic carbocycles. The molecule has 0 amide bonds. The molecule has 2 heterocycles. The maximum Gasteiger partial charge on any atom is 0.191 e. The first-order valence-corrected chi connectivity index (χ1v) is 9.09. The number of aliphatic imine (C=N–C) groups is 1. The Hall–Kier alpha value is -0.160. The molecule has 7 nitrogen and oxygen atoms in total. The number of methoxy groups -OCH3 is 1. The van der Waals surface area contributed by atoms with Crippen LogP contribution >= 0.6 is 24.0 Å². The lowest BCUT2D eigenvalue weighted by Crippen LogP contribution is -2.48. The maximum absolute atomic E-state index is 9.32. The zero-order valence-corrected chi connectivity index (χ0v) is 18.0. The Balaban J connectivity index is 0.00000312. The van der Waals surface area contributed by atoms with E-state index >= 15 is 0 Å². The second kappa shape index (κ2) is 12.3. The summed E-state index contributed by atoms with van der Waals surface area (Å²) in [4.78, 5) is 6.82. The van der Waals surface area contributed by atoms with Gasteiger partial charge in [0.2, 0.25) is 0 Å². The summed E-state index contributed by atoms with van der Waals surface area (Å²) in [5.74, 6) is 0.831. The van der Waals surface area contributed by atoms with Crippen LogP contribution < -0.4 is 10.6 Å². The van der Waals surface area contributed by atoms with Gasteiger partial charge in [-0.25, -0.2) is 0 Å². The van der Waals surface area contributed by atoms with Gasteiger partial charge in [-0.3, -0.25) is 9.89 Å². The summed E-state index contributed by atoms with van der Waals surface area (Å²) >= 11 is 0. The third kappa shape index (κ3) is 7.16. The number of rotatable bonds is 9. The number of ether oxygens (including phenoxy) is 2. The van der Waals surface area contributed by atoms with Gasteiger partial charge in [0.1, 0.15) is 0 Å². The highest BCUT2D eigenvalue weighted by Gasteiger charge is 2.34. The number of nitrogens with zero attached hydrogens (tertiary/aromatic N) is 2. The molecule has 8 heteroatoms. The standard InChI is InChI=1S/C17H34N4O3.HI/c1-18-16(20-13-17(5-9-22)6-10-24-14-17)19-12-15-4-3-7-21(15)8-11-23-2;/h15,22H,3-14H2,1-2H3,(H2,18,19,20);1H. The minimum atomic E-state index is 0. The van der Waals surface area contributed by atoms with E-state index in [0.717, 1.165) is 58.2 Å². The van der Waals surface area contributed by atoms with Gasteiger partial charge in [0.15, 0.2) is 5.96 Å². The lowest BCUT2D eigenvalue weighted by atomic mass is 9.84. The van der Waals surface area contributed by atoms with E-state index in [2.05, 4.69) is 20.5 Å². The summed E-state index contributed by atoms with van der Waals surface area (Å²) < 4.78 is 10.7. The number of hydrogen-bond donors (Lipinski definition) is 3. The van der Waals surface area contributed by atoms with Crippen LogP contribution in [0.25, 0.3) is 0 Å². The molecule has 0 aromatic heterocycles. The van der Waals surface area contributed by atoms with Gasteiger partial charge in [-0.1, -0.05) is 0 Å².